The summed E-state index contributed by atoms with van der Waals surface area (Å²) >= 11 is 0. The fourth-order valence-electron chi connectivity index (χ4n) is 3.06. The number of hydrogen-bond acceptors (Lipinski definition) is 5. The molecule has 0 fully saturated rings. The number of unbranched alkanes of at least 4 members (excludes halogenated alkanes) is 3. The van der Waals surface area contributed by atoms with Gasteiger partial charge < -0.3 is 9.84 Å². The van der Waals surface area contributed by atoms with E-state index >= 15 is 0 Å². The Kier molecular flexibility index (Phi) is 9.32. The maximum atomic E-state index is 5.55. The normalized spacial score (nSPS) is 11.3. The molecule has 27 heavy (non-hydrogen) atoms. The van der Waals surface area contributed by atoms with Crippen molar-refractivity contribution in [2.45, 2.75) is 72.8 Å². The van der Waals surface area contributed by atoms with Crippen LogP contribution in [-0.4, -0.2) is 34.7 Å². The molecule has 0 radical (unpaired) electrons. The van der Waals surface area contributed by atoms with Crippen molar-refractivity contribution in [3.8, 4) is 11.5 Å². The van der Waals surface area contributed by atoms with Crippen molar-refractivity contribution in [3.63, 3.8) is 0 Å². The number of aromatic nitrogens is 2. The fraction of sp³-hybridized carbons (Fsp3) is 0.636. The average Bonchev–Trinajstić information content (AvgIpc) is 3.14. The van der Waals surface area contributed by atoms with Crippen molar-refractivity contribution in [2.24, 2.45) is 0 Å². The van der Waals surface area contributed by atoms with Crippen LogP contribution in [0.1, 0.15) is 70.7 Å². The van der Waals surface area contributed by atoms with E-state index in [0.717, 1.165) is 37.6 Å². The lowest BCUT2D eigenvalue weighted by Crippen LogP contribution is -2.26. The molecule has 1 aromatic carbocycles. The van der Waals surface area contributed by atoms with E-state index in [4.69, 9.17) is 4.52 Å². The zero-order chi connectivity index (χ0) is 19.5. The van der Waals surface area contributed by atoms with Gasteiger partial charge in [-0.2, -0.15) is 4.98 Å². The third-order valence-corrected chi connectivity index (χ3v) is 4.81. The lowest BCUT2D eigenvalue weighted by Gasteiger charge is -2.19. The Morgan fingerprint density at radius 3 is 2.33 bits per heavy atom. The second kappa shape index (κ2) is 11.8. The minimum absolute atomic E-state index is 0.610. The van der Waals surface area contributed by atoms with Crippen LogP contribution in [0.25, 0.3) is 11.5 Å². The van der Waals surface area contributed by atoms with Crippen LogP contribution in [-0.2, 0) is 6.54 Å². The molecule has 0 aliphatic heterocycles. The van der Waals surface area contributed by atoms with Gasteiger partial charge in [-0.15, -0.1) is 0 Å². The average molecular weight is 373 g/mol. The minimum atomic E-state index is 0.610. The number of benzene rings is 1. The fourth-order valence-corrected chi connectivity index (χ4v) is 3.06. The molecule has 0 saturated carbocycles. The summed E-state index contributed by atoms with van der Waals surface area (Å²) < 4.78 is 5.55. The molecule has 150 valence electrons. The summed E-state index contributed by atoms with van der Waals surface area (Å²) in [5, 5.41) is 7.71. The first kappa shape index (κ1) is 21.4. The van der Waals surface area contributed by atoms with Crippen LogP contribution in [0.5, 0.6) is 0 Å². The third kappa shape index (κ3) is 6.98. The molecule has 1 N–H and O–H groups in total. The van der Waals surface area contributed by atoms with Crippen LogP contribution in [0.2, 0.25) is 0 Å². The van der Waals surface area contributed by atoms with Crippen LogP contribution in [0.4, 0.5) is 5.69 Å². The molecule has 1 aromatic heterocycles. The van der Waals surface area contributed by atoms with E-state index in [2.05, 4.69) is 66.3 Å². The van der Waals surface area contributed by atoms with Crippen molar-refractivity contribution in [3.05, 3.63) is 29.6 Å². The smallest absolute Gasteiger partial charge is 0.257 e. The molecule has 5 heteroatoms. The quantitative estimate of drug-likeness (QED) is 0.460. The standard InChI is InChI=1S/C22H36N4O/c1-5-8-13-23-20-12-11-19(16-18(20)4)22-24-21(25-27-22)17-26(14-9-6-2)15-10-7-3/h11-12,16,23H,5-10,13-15,17H2,1-4H3. The van der Waals surface area contributed by atoms with E-state index in [-0.39, 0.29) is 0 Å². The molecule has 1 heterocycles. The molecular formula is C22H36N4O. The molecule has 0 bridgehead atoms. The minimum Gasteiger partial charge on any atom is -0.385 e. The molecule has 2 aromatic rings. The Hall–Kier alpha value is -1.88. The second-order valence-electron chi connectivity index (χ2n) is 7.31. The third-order valence-electron chi connectivity index (χ3n) is 4.81. The number of anilines is 1. The maximum absolute atomic E-state index is 5.55. The Bertz CT molecular complexity index is 660. The van der Waals surface area contributed by atoms with Crippen molar-refractivity contribution in [2.75, 3.05) is 25.0 Å². The highest BCUT2D eigenvalue weighted by atomic mass is 16.5. The summed E-state index contributed by atoms with van der Waals surface area (Å²) in [7, 11) is 0. The number of rotatable bonds is 13. The van der Waals surface area contributed by atoms with Gasteiger partial charge in [0.05, 0.1) is 6.54 Å². The topological polar surface area (TPSA) is 54.2 Å². The molecule has 0 atom stereocenters. The van der Waals surface area contributed by atoms with Crippen molar-refractivity contribution >= 4 is 5.69 Å². The number of nitrogens with one attached hydrogen (secondary N) is 1. The highest BCUT2D eigenvalue weighted by Gasteiger charge is 2.13. The predicted octanol–water partition coefficient (Wildman–Crippen LogP) is 5.66. The van der Waals surface area contributed by atoms with Gasteiger partial charge in [0.2, 0.25) is 0 Å². The Balaban J connectivity index is 2.02. The molecule has 2 rings (SSSR count). The zero-order valence-electron chi connectivity index (χ0n) is 17.6. The van der Waals surface area contributed by atoms with E-state index in [1.165, 1.54) is 49.8 Å². The van der Waals surface area contributed by atoms with Crippen molar-refractivity contribution in [1.82, 2.24) is 15.0 Å². The first-order chi connectivity index (χ1) is 13.2. The molecule has 0 unspecified atom stereocenters. The highest BCUT2D eigenvalue weighted by Crippen LogP contribution is 2.24. The van der Waals surface area contributed by atoms with Gasteiger partial charge >= 0.3 is 0 Å². The monoisotopic (exact) mass is 372 g/mol. The first-order valence-electron chi connectivity index (χ1n) is 10.6. The van der Waals surface area contributed by atoms with Crippen LogP contribution in [0, 0.1) is 6.92 Å². The Morgan fingerprint density at radius 1 is 1.00 bits per heavy atom. The van der Waals surface area contributed by atoms with Gasteiger partial charge in [-0.3, -0.25) is 4.90 Å². The van der Waals surface area contributed by atoms with Gasteiger partial charge in [0.25, 0.3) is 5.89 Å². The van der Waals surface area contributed by atoms with E-state index in [9.17, 15) is 0 Å². The van der Waals surface area contributed by atoms with Gasteiger partial charge in [0, 0.05) is 17.8 Å². The molecule has 0 spiro atoms. The molecule has 5 nitrogen and oxygen atoms in total. The van der Waals surface area contributed by atoms with E-state index in [1.54, 1.807) is 0 Å². The summed E-state index contributed by atoms with van der Waals surface area (Å²) in [6.45, 7) is 12.7. The summed E-state index contributed by atoms with van der Waals surface area (Å²) in [6, 6.07) is 6.29. The van der Waals surface area contributed by atoms with E-state index < -0.39 is 0 Å². The summed E-state index contributed by atoms with van der Waals surface area (Å²) in [5.74, 6) is 1.39. The van der Waals surface area contributed by atoms with Gasteiger partial charge in [-0.1, -0.05) is 45.2 Å². The van der Waals surface area contributed by atoms with Gasteiger partial charge in [0.1, 0.15) is 0 Å². The van der Waals surface area contributed by atoms with Gasteiger partial charge in [-0.05, 0) is 63.0 Å². The highest BCUT2D eigenvalue weighted by molar-refractivity contribution is 5.62. The van der Waals surface area contributed by atoms with Crippen LogP contribution in [0.3, 0.4) is 0 Å². The van der Waals surface area contributed by atoms with Gasteiger partial charge in [-0.25, -0.2) is 0 Å². The molecule has 0 aliphatic carbocycles. The van der Waals surface area contributed by atoms with Crippen LogP contribution in [0.15, 0.2) is 22.7 Å². The lowest BCUT2D eigenvalue weighted by molar-refractivity contribution is 0.247. The molecule has 0 aliphatic rings. The Morgan fingerprint density at radius 2 is 1.70 bits per heavy atom. The van der Waals surface area contributed by atoms with Crippen LogP contribution < -0.4 is 5.32 Å². The SMILES string of the molecule is CCCCNc1ccc(-c2nc(CN(CCCC)CCCC)no2)cc1C. The number of aryl methyl sites for hydroxylation is 1. The van der Waals surface area contributed by atoms with Crippen molar-refractivity contribution < 1.29 is 4.52 Å². The number of hydrogen-bond donors (Lipinski definition) is 1. The summed E-state index contributed by atoms with van der Waals surface area (Å²) in [4.78, 5) is 7.08. The molecule has 0 amide bonds. The lowest BCUT2D eigenvalue weighted by atomic mass is 10.1. The van der Waals surface area contributed by atoms with E-state index in [0.29, 0.717) is 5.89 Å². The summed E-state index contributed by atoms with van der Waals surface area (Å²) in [6.07, 6.45) is 7.21. The van der Waals surface area contributed by atoms with Gasteiger partial charge in [0.15, 0.2) is 5.82 Å². The molecule has 0 saturated heterocycles. The maximum Gasteiger partial charge on any atom is 0.257 e. The zero-order valence-corrected chi connectivity index (χ0v) is 17.6. The number of nitrogens with zero attached hydrogens (tertiary/aromatic N) is 3. The Labute approximate surface area is 164 Å². The predicted molar refractivity (Wildman–Crippen MR) is 113 cm³/mol. The van der Waals surface area contributed by atoms with Crippen molar-refractivity contribution in [1.29, 1.82) is 0 Å². The summed E-state index contributed by atoms with van der Waals surface area (Å²) in [5.41, 5.74) is 3.37. The second-order valence-corrected chi connectivity index (χ2v) is 7.31. The molecular weight excluding hydrogens is 336 g/mol. The largest absolute Gasteiger partial charge is 0.385 e. The van der Waals surface area contributed by atoms with E-state index in [1.807, 2.05) is 0 Å². The van der Waals surface area contributed by atoms with Crippen LogP contribution >= 0.6 is 0 Å². The first-order valence-corrected chi connectivity index (χ1v) is 10.6.